The molecule has 0 saturated carbocycles. The Morgan fingerprint density at radius 2 is 2.03 bits per heavy atom. The standard InChI is InChI=1S/C24H29FN2O4/c1-4-13-27-14-12-23(17(2)29-3,16-24(27,28)30-19-8-6-5-7-9-19)22-20-11-10-18(25)15-21(20)31-26-22/h5-11,15,17,28H,4,12-14,16H2,1-3H3. The zero-order valence-electron chi connectivity index (χ0n) is 18.2. The van der Waals surface area contributed by atoms with Gasteiger partial charge < -0.3 is 19.1 Å². The van der Waals surface area contributed by atoms with Gasteiger partial charge in [0.1, 0.15) is 17.3 Å². The van der Waals surface area contributed by atoms with Gasteiger partial charge >= 0.3 is 0 Å². The van der Waals surface area contributed by atoms with E-state index in [-0.39, 0.29) is 18.3 Å². The van der Waals surface area contributed by atoms with Gasteiger partial charge in [0, 0.05) is 38.1 Å². The van der Waals surface area contributed by atoms with E-state index in [2.05, 4.69) is 12.1 Å². The number of piperidine rings is 1. The molecule has 1 aliphatic heterocycles. The largest absolute Gasteiger partial charge is 0.449 e. The van der Waals surface area contributed by atoms with E-state index in [4.69, 9.17) is 14.0 Å². The van der Waals surface area contributed by atoms with Crippen molar-refractivity contribution < 1.29 is 23.5 Å². The van der Waals surface area contributed by atoms with E-state index in [0.717, 1.165) is 11.8 Å². The van der Waals surface area contributed by atoms with Gasteiger partial charge in [-0.25, -0.2) is 9.29 Å². The first-order valence-electron chi connectivity index (χ1n) is 10.7. The van der Waals surface area contributed by atoms with Crippen LogP contribution in [0.4, 0.5) is 4.39 Å². The number of likely N-dealkylation sites (tertiary alicyclic amines) is 1. The molecule has 1 saturated heterocycles. The molecule has 0 amide bonds. The van der Waals surface area contributed by atoms with Crippen molar-refractivity contribution >= 4 is 11.0 Å². The zero-order valence-corrected chi connectivity index (χ0v) is 18.2. The molecule has 0 spiro atoms. The maximum absolute atomic E-state index is 13.7. The summed E-state index contributed by atoms with van der Waals surface area (Å²) in [5.74, 6) is -1.36. The Balaban J connectivity index is 1.80. The molecule has 6 nitrogen and oxygen atoms in total. The smallest absolute Gasteiger partial charge is 0.271 e. The van der Waals surface area contributed by atoms with Gasteiger partial charge in [-0.1, -0.05) is 30.3 Å². The number of rotatable bonds is 7. The minimum Gasteiger partial charge on any atom is -0.449 e. The number of methoxy groups -OCH3 is 1. The second-order valence-electron chi connectivity index (χ2n) is 8.28. The Morgan fingerprint density at radius 3 is 2.74 bits per heavy atom. The molecule has 1 fully saturated rings. The average molecular weight is 429 g/mol. The van der Waals surface area contributed by atoms with Crippen LogP contribution in [0.2, 0.25) is 0 Å². The van der Waals surface area contributed by atoms with Crippen LogP contribution in [0, 0.1) is 5.82 Å². The number of aliphatic hydroxyl groups is 1. The first-order chi connectivity index (χ1) is 14.9. The van der Waals surface area contributed by atoms with Gasteiger partial charge in [0.05, 0.1) is 11.5 Å². The second kappa shape index (κ2) is 8.57. The number of hydrogen-bond donors (Lipinski definition) is 1. The highest BCUT2D eigenvalue weighted by atomic mass is 19.1. The van der Waals surface area contributed by atoms with Crippen LogP contribution in [0.3, 0.4) is 0 Å². The molecule has 31 heavy (non-hydrogen) atoms. The Bertz CT molecular complexity index is 1030. The van der Waals surface area contributed by atoms with Crippen molar-refractivity contribution in [3.8, 4) is 5.75 Å². The van der Waals surface area contributed by atoms with Gasteiger partial charge in [-0.2, -0.15) is 0 Å². The maximum atomic E-state index is 13.7. The van der Waals surface area contributed by atoms with Gasteiger partial charge in [0.2, 0.25) is 0 Å². The lowest BCUT2D eigenvalue weighted by Crippen LogP contribution is -2.64. The van der Waals surface area contributed by atoms with Crippen molar-refractivity contribution in [2.45, 2.75) is 50.5 Å². The van der Waals surface area contributed by atoms with Crippen LogP contribution >= 0.6 is 0 Å². The number of fused-ring (bicyclic) bond motifs is 1. The summed E-state index contributed by atoms with van der Waals surface area (Å²) in [5.41, 5.74) is 0.343. The fraction of sp³-hybridized carbons (Fsp3) is 0.458. The average Bonchev–Trinajstić information content (AvgIpc) is 3.19. The van der Waals surface area contributed by atoms with Crippen molar-refractivity contribution in [2.75, 3.05) is 20.2 Å². The van der Waals surface area contributed by atoms with Crippen molar-refractivity contribution in [2.24, 2.45) is 0 Å². The SMILES string of the molecule is CCCN1CCC(c2noc3cc(F)ccc23)(C(C)OC)CC1(O)Oc1ccccc1. The predicted molar refractivity (Wildman–Crippen MR) is 115 cm³/mol. The number of aromatic nitrogens is 1. The zero-order chi connectivity index (χ0) is 22.1. The van der Waals surface area contributed by atoms with E-state index in [0.29, 0.717) is 36.5 Å². The van der Waals surface area contributed by atoms with Crippen LogP contribution in [-0.2, 0) is 10.2 Å². The van der Waals surface area contributed by atoms with Crippen molar-refractivity contribution in [1.82, 2.24) is 10.1 Å². The quantitative estimate of drug-likeness (QED) is 0.560. The summed E-state index contributed by atoms with van der Waals surface area (Å²) in [7, 11) is 1.64. The van der Waals surface area contributed by atoms with E-state index in [1.165, 1.54) is 12.1 Å². The maximum Gasteiger partial charge on any atom is 0.271 e. The van der Waals surface area contributed by atoms with Gasteiger partial charge in [-0.15, -0.1) is 0 Å². The summed E-state index contributed by atoms with van der Waals surface area (Å²) in [5, 5.41) is 16.9. The van der Waals surface area contributed by atoms with Gasteiger partial charge in [0.15, 0.2) is 5.58 Å². The van der Waals surface area contributed by atoms with Crippen LogP contribution in [-0.4, -0.2) is 47.4 Å². The molecule has 0 aliphatic carbocycles. The van der Waals surface area contributed by atoms with Crippen LogP contribution in [0.25, 0.3) is 11.0 Å². The number of nitrogens with zero attached hydrogens (tertiary/aromatic N) is 2. The highest BCUT2D eigenvalue weighted by molar-refractivity contribution is 5.80. The summed E-state index contributed by atoms with van der Waals surface area (Å²) in [4.78, 5) is 1.96. The summed E-state index contributed by atoms with van der Waals surface area (Å²) in [6.07, 6.45) is 1.49. The number of para-hydroxylation sites is 1. The first-order valence-corrected chi connectivity index (χ1v) is 10.7. The Labute approximate surface area is 181 Å². The molecule has 7 heteroatoms. The number of ether oxygens (including phenoxy) is 2. The molecular formula is C24H29FN2O4. The lowest BCUT2D eigenvalue weighted by molar-refractivity contribution is -0.279. The third-order valence-corrected chi connectivity index (χ3v) is 6.42. The van der Waals surface area contributed by atoms with Crippen LogP contribution < -0.4 is 4.74 Å². The first kappa shape index (κ1) is 21.7. The molecule has 2 heterocycles. The Hall–Kier alpha value is -2.48. The number of hydrogen-bond acceptors (Lipinski definition) is 6. The van der Waals surface area contributed by atoms with Gasteiger partial charge in [-0.05, 0) is 44.0 Å². The predicted octanol–water partition coefficient (Wildman–Crippen LogP) is 4.47. The van der Waals surface area contributed by atoms with Crippen molar-refractivity contribution in [3.05, 3.63) is 60.0 Å². The molecule has 1 aliphatic rings. The number of benzene rings is 2. The third kappa shape index (κ3) is 3.93. The van der Waals surface area contributed by atoms with Crippen LogP contribution in [0.15, 0.2) is 53.1 Å². The number of halogens is 1. The molecule has 1 N–H and O–H groups in total. The highest BCUT2D eigenvalue weighted by Crippen LogP contribution is 2.47. The van der Waals surface area contributed by atoms with E-state index in [1.807, 2.05) is 42.2 Å². The highest BCUT2D eigenvalue weighted by Gasteiger charge is 2.55. The minimum absolute atomic E-state index is 0.225. The fourth-order valence-electron chi connectivity index (χ4n) is 4.69. The summed E-state index contributed by atoms with van der Waals surface area (Å²) >= 11 is 0. The van der Waals surface area contributed by atoms with Crippen molar-refractivity contribution in [1.29, 1.82) is 0 Å². The van der Waals surface area contributed by atoms with E-state index < -0.39 is 11.3 Å². The molecule has 3 aromatic rings. The van der Waals surface area contributed by atoms with Crippen LogP contribution in [0.1, 0.15) is 38.8 Å². The van der Waals surface area contributed by atoms with Crippen molar-refractivity contribution in [3.63, 3.8) is 0 Å². The monoisotopic (exact) mass is 428 g/mol. The molecule has 2 aromatic carbocycles. The summed E-state index contributed by atoms with van der Waals surface area (Å²) in [6, 6.07) is 13.7. The fourth-order valence-corrected chi connectivity index (χ4v) is 4.69. The lowest BCUT2D eigenvalue weighted by Gasteiger charge is -2.51. The molecule has 0 radical (unpaired) electrons. The molecule has 4 rings (SSSR count). The third-order valence-electron chi connectivity index (χ3n) is 6.42. The van der Waals surface area contributed by atoms with Gasteiger partial charge in [0.25, 0.3) is 5.91 Å². The molecular weight excluding hydrogens is 399 g/mol. The summed E-state index contributed by atoms with van der Waals surface area (Å²) < 4.78 is 31.2. The topological polar surface area (TPSA) is 68.0 Å². The summed E-state index contributed by atoms with van der Waals surface area (Å²) in [6.45, 7) is 5.30. The lowest BCUT2D eigenvalue weighted by atomic mass is 9.69. The minimum atomic E-state index is -1.56. The molecule has 3 atom stereocenters. The van der Waals surface area contributed by atoms with Crippen LogP contribution in [0.5, 0.6) is 5.75 Å². The molecule has 166 valence electrons. The molecule has 3 unspecified atom stereocenters. The normalized spacial score (nSPS) is 25.6. The van der Waals surface area contributed by atoms with E-state index >= 15 is 0 Å². The van der Waals surface area contributed by atoms with E-state index in [9.17, 15) is 9.50 Å². The van der Waals surface area contributed by atoms with E-state index in [1.54, 1.807) is 13.2 Å². The molecule has 1 aromatic heterocycles. The Kier molecular flexibility index (Phi) is 6.01. The van der Waals surface area contributed by atoms with Gasteiger partial charge in [-0.3, -0.25) is 0 Å². The Morgan fingerprint density at radius 1 is 1.26 bits per heavy atom. The second-order valence-corrected chi connectivity index (χ2v) is 8.28. The molecule has 0 bridgehead atoms.